The van der Waals surface area contributed by atoms with Crippen molar-refractivity contribution < 1.29 is 9.52 Å². The molecule has 0 amide bonds. The molecule has 0 saturated heterocycles. The van der Waals surface area contributed by atoms with Crippen molar-refractivity contribution in [2.24, 2.45) is 10.2 Å². The standard InChI is InChI=1S/C19H13N3O3/c20-13-4-1-11-2-6-16(23)19(15(11)10-13)22-21-14-5-7-17-12(9-14)3-8-18(24)25-17/h1-10,23H,20H2. The fourth-order valence-electron chi connectivity index (χ4n) is 2.64. The van der Waals surface area contributed by atoms with Gasteiger partial charge in [-0.25, -0.2) is 4.79 Å². The Bertz CT molecular complexity index is 1190. The van der Waals surface area contributed by atoms with Crippen LogP contribution in [-0.2, 0) is 0 Å². The van der Waals surface area contributed by atoms with E-state index in [0.717, 1.165) is 16.2 Å². The van der Waals surface area contributed by atoms with E-state index in [1.54, 1.807) is 48.5 Å². The van der Waals surface area contributed by atoms with Gasteiger partial charge in [0.2, 0.25) is 0 Å². The summed E-state index contributed by atoms with van der Waals surface area (Å²) in [5, 5.41) is 20.9. The van der Waals surface area contributed by atoms with Gasteiger partial charge in [-0.1, -0.05) is 12.1 Å². The SMILES string of the molecule is Nc1ccc2ccc(O)c(N=Nc3ccc4oc(=O)ccc4c3)c2c1. The maximum absolute atomic E-state index is 11.2. The van der Waals surface area contributed by atoms with E-state index < -0.39 is 5.63 Å². The summed E-state index contributed by atoms with van der Waals surface area (Å²) in [6.45, 7) is 0. The molecule has 3 N–H and O–H groups in total. The summed E-state index contributed by atoms with van der Waals surface area (Å²) in [6, 6.07) is 16.9. The lowest BCUT2D eigenvalue weighted by Crippen LogP contribution is -1.93. The molecule has 0 aliphatic rings. The number of nitrogens with two attached hydrogens (primary N) is 1. The Kier molecular flexibility index (Phi) is 3.43. The van der Waals surface area contributed by atoms with Crippen LogP contribution in [0.5, 0.6) is 5.75 Å². The smallest absolute Gasteiger partial charge is 0.336 e. The highest BCUT2D eigenvalue weighted by Gasteiger charge is 2.07. The monoisotopic (exact) mass is 331 g/mol. The fraction of sp³-hybridized carbons (Fsp3) is 0. The minimum atomic E-state index is -0.403. The number of anilines is 1. The minimum Gasteiger partial charge on any atom is -0.506 e. The number of aromatic hydroxyl groups is 1. The van der Waals surface area contributed by atoms with Gasteiger partial charge in [0.15, 0.2) is 0 Å². The number of fused-ring (bicyclic) bond motifs is 2. The number of phenolic OH excluding ortho intramolecular Hbond substituents is 1. The fourth-order valence-corrected chi connectivity index (χ4v) is 2.64. The predicted molar refractivity (Wildman–Crippen MR) is 96.7 cm³/mol. The number of hydrogen-bond acceptors (Lipinski definition) is 6. The lowest BCUT2D eigenvalue weighted by Gasteiger charge is -2.05. The number of azo groups is 1. The van der Waals surface area contributed by atoms with Crippen LogP contribution in [0.1, 0.15) is 0 Å². The van der Waals surface area contributed by atoms with Gasteiger partial charge in [-0.3, -0.25) is 0 Å². The van der Waals surface area contributed by atoms with Gasteiger partial charge in [-0.2, -0.15) is 5.11 Å². The zero-order chi connectivity index (χ0) is 17.4. The molecule has 0 saturated carbocycles. The highest BCUT2D eigenvalue weighted by atomic mass is 16.4. The van der Waals surface area contributed by atoms with Crippen LogP contribution in [0, 0.1) is 0 Å². The first-order valence-corrected chi connectivity index (χ1v) is 7.57. The molecule has 1 heterocycles. The molecular formula is C19H13N3O3. The molecule has 4 rings (SSSR count). The van der Waals surface area contributed by atoms with E-state index in [1.165, 1.54) is 6.07 Å². The predicted octanol–water partition coefficient (Wildman–Crippen LogP) is 4.65. The number of nitrogen functional groups attached to an aromatic ring is 1. The molecule has 0 atom stereocenters. The topological polar surface area (TPSA) is 101 Å². The van der Waals surface area contributed by atoms with Crippen molar-refractivity contribution in [3.8, 4) is 5.75 Å². The molecular weight excluding hydrogens is 318 g/mol. The van der Waals surface area contributed by atoms with Crippen LogP contribution in [0.2, 0.25) is 0 Å². The average molecular weight is 331 g/mol. The Morgan fingerprint density at radius 3 is 2.56 bits per heavy atom. The maximum Gasteiger partial charge on any atom is 0.336 e. The van der Waals surface area contributed by atoms with Crippen molar-refractivity contribution in [1.29, 1.82) is 0 Å². The van der Waals surface area contributed by atoms with Gasteiger partial charge in [0.1, 0.15) is 17.0 Å². The van der Waals surface area contributed by atoms with Crippen molar-refractivity contribution >= 4 is 38.8 Å². The number of hydrogen-bond donors (Lipinski definition) is 2. The lowest BCUT2D eigenvalue weighted by atomic mass is 10.1. The molecule has 0 unspecified atom stereocenters. The van der Waals surface area contributed by atoms with E-state index in [-0.39, 0.29) is 5.75 Å². The highest BCUT2D eigenvalue weighted by Crippen LogP contribution is 2.37. The summed E-state index contributed by atoms with van der Waals surface area (Å²) in [4.78, 5) is 11.2. The van der Waals surface area contributed by atoms with Crippen molar-refractivity contribution in [3.63, 3.8) is 0 Å². The van der Waals surface area contributed by atoms with Crippen molar-refractivity contribution in [1.82, 2.24) is 0 Å². The molecule has 0 bridgehead atoms. The largest absolute Gasteiger partial charge is 0.506 e. The van der Waals surface area contributed by atoms with Gasteiger partial charge < -0.3 is 15.3 Å². The first kappa shape index (κ1) is 14.9. The van der Waals surface area contributed by atoms with Crippen LogP contribution in [0.25, 0.3) is 21.7 Å². The van der Waals surface area contributed by atoms with E-state index in [2.05, 4.69) is 10.2 Å². The van der Waals surface area contributed by atoms with Gasteiger partial charge >= 0.3 is 5.63 Å². The molecule has 0 fully saturated rings. The van der Waals surface area contributed by atoms with Gasteiger partial charge in [0, 0.05) is 22.5 Å². The Morgan fingerprint density at radius 2 is 1.68 bits per heavy atom. The molecule has 4 aromatic rings. The van der Waals surface area contributed by atoms with Crippen molar-refractivity contribution in [3.05, 3.63) is 71.1 Å². The van der Waals surface area contributed by atoms with E-state index >= 15 is 0 Å². The quantitative estimate of drug-likeness (QED) is 0.317. The molecule has 0 aliphatic carbocycles. The summed E-state index contributed by atoms with van der Waals surface area (Å²) in [5.41, 5.74) is 7.41. The Morgan fingerprint density at radius 1 is 0.880 bits per heavy atom. The lowest BCUT2D eigenvalue weighted by molar-refractivity contribution is 0.477. The third-order valence-electron chi connectivity index (χ3n) is 3.86. The van der Waals surface area contributed by atoms with Gasteiger partial charge in [0.25, 0.3) is 0 Å². The summed E-state index contributed by atoms with van der Waals surface area (Å²) < 4.78 is 5.09. The van der Waals surface area contributed by atoms with Gasteiger partial charge in [-0.05, 0) is 47.9 Å². The van der Waals surface area contributed by atoms with Crippen LogP contribution in [0.4, 0.5) is 17.1 Å². The van der Waals surface area contributed by atoms with Crippen LogP contribution < -0.4 is 11.4 Å². The summed E-state index contributed by atoms with van der Waals surface area (Å²) in [7, 11) is 0. The summed E-state index contributed by atoms with van der Waals surface area (Å²) in [5.74, 6) is 0.0219. The van der Waals surface area contributed by atoms with Crippen LogP contribution in [0.15, 0.2) is 80.1 Å². The highest BCUT2D eigenvalue weighted by molar-refractivity contribution is 5.97. The maximum atomic E-state index is 11.2. The second-order valence-corrected chi connectivity index (χ2v) is 5.59. The zero-order valence-corrected chi connectivity index (χ0v) is 13.0. The number of nitrogens with zero attached hydrogens (tertiary/aromatic N) is 2. The van der Waals surface area contributed by atoms with Gasteiger partial charge in [0.05, 0.1) is 5.69 Å². The number of phenols is 1. The Labute approximate surface area is 141 Å². The summed E-state index contributed by atoms with van der Waals surface area (Å²) in [6.07, 6.45) is 0. The molecule has 25 heavy (non-hydrogen) atoms. The molecule has 1 aromatic heterocycles. The Balaban J connectivity index is 1.80. The van der Waals surface area contributed by atoms with E-state index in [0.29, 0.717) is 22.6 Å². The first-order valence-electron chi connectivity index (χ1n) is 7.57. The molecule has 0 aliphatic heterocycles. The third kappa shape index (κ3) is 2.81. The van der Waals surface area contributed by atoms with E-state index in [4.69, 9.17) is 10.2 Å². The second kappa shape index (κ2) is 5.76. The molecule has 6 nitrogen and oxygen atoms in total. The minimum absolute atomic E-state index is 0.0219. The number of rotatable bonds is 2. The van der Waals surface area contributed by atoms with Crippen molar-refractivity contribution in [2.75, 3.05) is 5.73 Å². The normalized spacial score (nSPS) is 11.5. The average Bonchev–Trinajstić information content (AvgIpc) is 2.61. The molecule has 122 valence electrons. The third-order valence-corrected chi connectivity index (χ3v) is 3.86. The molecule has 6 heteroatoms. The van der Waals surface area contributed by atoms with Crippen LogP contribution in [0.3, 0.4) is 0 Å². The summed E-state index contributed by atoms with van der Waals surface area (Å²) >= 11 is 0. The molecule has 3 aromatic carbocycles. The zero-order valence-electron chi connectivity index (χ0n) is 13.0. The van der Waals surface area contributed by atoms with Gasteiger partial charge in [-0.15, -0.1) is 5.11 Å². The van der Waals surface area contributed by atoms with E-state index in [1.807, 2.05) is 6.07 Å². The van der Waals surface area contributed by atoms with Crippen LogP contribution in [-0.4, -0.2) is 5.11 Å². The first-order chi connectivity index (χ1) is 12.1. The van der Waals surface area contributed by atoms with Crippen LogP contribution >= 0.6 is 0 Å². The van der Waals surface area contributed by atoms with Crippen molar-refractivity contribution in [2.45, 2.75) is 0 Å². The Hall–Kier alpha value is -3.67. The number of benzene rings is 3. The molecule has 0 spiro atoms. The molecule has 0 radical (unpaired) electrons. The second-order valence-electron chi connectivity index (χ2n) is 5.59. The van der Waals surface area contributed by atoms with E-state index in [9.17, 15) is 9.90 Å².